The number of hydrogen-bond donors (Lipinski definition) is 1. The maximum atomic E-state index is 3.60. The third-order valence-corrected chi connectivity index (χ3v) is 32.0. The van der Waals surface area contributed by atoms with E-state index in [4.69, 9.17) is 0 Å². The quantitative estimate of drug-likeness (QED) is 0.0813. The van der Waals surface area contributed by atoms with E-state index in [-0.39, 0.29) is 0 Å². The van der Waals surface area contributed by atoms with Gasteiger partial charge in [0.25, 0.3) is 0 Å². The van der Waals surface area contributed by atoms with Crippen molar-refractivity contribution >= 4 is 165 Å². The minimum absolute atomic E-state index is 1.10. The molecule has 0 aliphatic heterocycles. The lowest BCUT2D eigenvalue weighted by Gasteiger charge is -2.35. The van der Waals surface area contributed by atoms with Gasteiger partial charge in [-0.3, -0.25) is 0 Å². The van der Waals surface area contributed by atoms with Gasteiger partial charge in [-0.1, -0.05) is 344 Å². The number of benzene rings is 16. The summed E-state index contributed by atoms with van der Waals surface area (Å²) < 4.78 is 6.40. The van der Waals surface area contributed by atoms with E-state index in [1.165, 1.54) is 104 Å². The Morgan fingerprint density at radius 3 is 0.883 bits per heavy atom. The Balaban J connectivity index is 0.000000132. The van der Waals surface area contributed by atoms with Gasteiger partial charge in [0.05, 0.1) is 0 Å². The molecule has 0 saturated heterocycles. The molecule has 0 bridgehead atoms. The Bertz CT molecular complexity index is 5600. The first-order chi connectivity index (χ1) is 51.0. The summed E-state index contributed by atoms with van der Waals surface area (Å²) in [5.74, 6) is 0. The van der Waals surface area contributed by atoms with Crippen LogP contribution in [-0.4, -0.2) is 16.1 Å². The molecular weight excluding hydrogens is 1380 g/mol. The lowest BCUT2D eigenvalue weighted by Crippen LogP contribution is -2.74. The molecule has 2 nitrogen and oxygen atoms in total. The summed E-state index contributed by atoms with van der Waals surface area (Å²) in [7, 11) is -4.98. The average molecular weight is 1450 g/mol. The monoisotopic (exact) mass is 1450 g/mol. The van der Waals surface area contributed by atoms with E-state index >= 15 is 0 Å². The molecule has 0 fully saturated rings. The summed E-state index contributed by atoms with van der Waals surface area (Å²) in [6.07, 6.45) is 0. The van der Waals surface area contributed by atoms with Gasteiger partial charge in [0.2, 0.25) is 0 Å². The molecule has 0 unspecified atom stereocenters. The highest BCUT2D eigenvalue weighted by molar-refractivity contribution is 9.10. The molecule has 0 amide bonds. The Labute approximate surface area is 621 Å². The van der Waals surface area contributed by atoms with E-state index in [1.807, 2.05) is 28.7 Å². The number of nitrogens with zero attached hydrogens (tertiary/aromatic N) is 1. The third-order valence-electron chi connectivity index (χ3n) is 19.6. The van der Waals surface area contributed by atoms with Crippen molar-refractivity contribution in [3.8, 4) is 22.3 Å². The molecule has 16 aromatic carbocycles. The van der Waals surface area contributed by atoms with Crippen molar-refractivity contribution in [3.63, 3.8) is 0 Å². The van der Waals surface area contributed by atoms with Crippen molar-refractivity contribution in [2.24, 2.45) is 0 Å². The number of nitrogens with one attached hydrogen (secondary N) is 1. The Morgan fingerprint density at radius 2 is 0.485 bits per heavy atom. The average Bonchev–Trinajstić information content (AvgIpc) is 1.62. The molecule has 1 N–H and O–H groups in total. The van der Waals surface area contributed by atoms with Crippen molar-refractivity contribution < 1.29 is 0 Å². The summed E-state index contributed by atoms with van der Waals surface area (Å²) in [5, 5.41) is 19.9. The van der Waals surface area contributed by atoms with Crippen LogP contribution in [0, 0.1) is 0 Å². The van der Waals surface area contributed by atoms with Crippen molar-refractivity contribution in [2.45, 2.75) is 0 Å². The molecule has 492 valence electrons. The molecule has 0 aliphatic rings. The predicted molar refractivity (Wildman–Crippen MR) is 455 cm³/mol. The Kier molecular flexibility index (Phi) is 19.5. The van der Waals surface area contributed by atoms with Gasteiger partial charge >= 0.3 is 0 Å². The van der Waals surface area contributed by atoms with Crippen molar-refractivity contribution in [2.75, 3.05) is 10.2 Å². The van der Waals surface area contributed by atoms with Crippen molar-refractivity contribution in [1.29, 1.82) is 0 Å². The fraction of sp³-hybridized carbons (Fsp3) is 0. The second-order valence-electron chi connectivity index (χ2n) is 25.7. The standard InChI is InChI=1S/C48H35NSSi.C24H19BrSi.C24H17NS/c1-5-15-36(16-6-1)37-25-27-38(28-26-37)49(40-31-34-48-46(35-40)45-23-13-14-24-47(45)50-48)39-29-32-44(33-30-39)51(41-17-7-2-8-18-41,42-19-9-3-10-20-42)43-21-11-4-12-22-43;25-20-16-18-24(19-17-20)26(21-10-4-1-5-11-21,22-12-6-2-7-13-22)23-14-8-3-9-15-23;1-2-6-17(7-3-1)18-10-12-19(13-11-18)25-20-14-15-24-22(16-20)21-8-4-5-9-23(21)26-24/h1-35H;1-19H;1-16,25H. The zero-order chi connectivity index (χ0) is 69.2. The van der Waals surface area contributed by atoms with Crippen LogP contribution in [0.4, 0.5) is 28.4 Å². The van der Waals surface area contributed by atoms with Crippen LogP contribution < -0.4 is 51.7 Å². The lowest BCUT2D eigenvalue weighted by molar-refractivity contribution is 1.29. The highest BCUT2D eigenvalue weighted by Crippen LogP contribution is 2.42. The smallest absolute Gasteiger partial charge is 0.179 e. The second-order valence-corrected chi connectivity index (χ2v) is 36.4. The topological polar surface area (TPSA) is 15.3 Å². The highest BCUT2D eigenvalue weighted by Gasteiger charge is 2.42. The summed E-state index contributed by atoms with van der Waals surface area (Å²) >= 11 is 7.30. The van der Waals surface area contributed by atoms with E-state index in [9.17, 15) is 0 Å². The molecule has 2 aromatic heterocycles. The van der Waals surface area contributed by atoms with E-state index in [0.29, 0.717) is 0 Å². The van der Waals surface area contributed by atoms with Gasteiger partial charge in [-0.25, -0.2) is 0 Å². The molecule has 0 spiro atoms. The summed E-state index contributed by atoms with van der Waals surface area (Å²) in [4.78, 5) is 2.40. The predicted octanol–water partition coefficient (Wildman–Crippen LogP) is 21.9. The molecule has 103 heavy (non-hydrogen) atoms. The number of fused-ring (bicyclic) bond motifs is 6. The van der Waals surface area contributed by atoms with Crippen LogP contribution in [0.2, 0.25) is 0 Å². The second kappa shape index (κ2) is 30.4. The molecular formula is C96H71BrN2S2Si2. The summed E-state index contributed by atoms with van der Waals surface area (Å²) in [6, 6.07) is 154. The van der Waals surface area contributed by atoms with Crippen LogP contribution >= 0.6 is 38.6 Å². The van der Waals surface area contributed by atoms with E-state index in [0.717, 1.165) is 32.9 Å². The number of anilines is 5. The van der Waals surface area contributed by atoms with Gasteiger partial charge in [-0.05, 0) is 161 Å². The molecule has 2 heterocycles. The van der Waals surface area contributed by atoms with Gasteiger partial charge in [0, 0.05) is 73.3 Å². The Morgan fingerprint density at radius 1 is 0.214 bits per heavy atom. The lowest BCUT2D eigenvalue weighted by atomic mass is 10.0. The van der Waals surface area contributed by atoms with Crippen LogP contribution in [0.3, 0.4) is 0 Å². The first kappa shape index (κ1) is 66.0. The van der Waals surface area contributed by atoms with Crippen LogP contribution in [0.15, 0.2) is 429 Å². The van der Waals surface area contributed by atoms with E-state index in [2.05, 4.69) is 445 Å². The van der Waals surface area contributed by atoms with E-state index < -0.39 is 16.1 Å². The number of rotatable bonds is 15. The Hall–Kier alpha value is -11.5. The summed E-state index contributed by atoms with van der Waals surface area (Å²) in [6.45, 7) is 0. The fourth-order valence-corrected chi connectivity index (χ4v) is 26.7. The van der Waals surface area contributed by atoms with Gasteiger partial charge in [-0.2, -0.15) is 0 Å². The van der Waals surface area contributed by atoms with Gasteiger partial charge in [0.1, 0.15) is 0 Å². The maximum absolute atomic E-state index is 3.60. The molecule has 7 heteroatoms. The van der Waals surface area contributed by atoms with Crippen LogP contribution in [0.25, 0.3) is 62.6 Å². The number of thiophene rings is 2. The zero-order valence-corrected chi connectivity index (χ0v) is 61.8. The van der Waals surface area contributed by atoms with Crippen molar-refractivity contribution in [3.05, 3.63) is 429 Å². The maximum Gasteiger partial charge on any atom is 0.179 e. The van der Waals surface area contributed by atoms with Crippen LogP contribution in [0.1, 0.15) is 0 Å². The van der Waals surface area contributed by atoms with Gasteiger partial charge < -0.3 is 10.2 Å². The molecule has 0 atom stereocenters. The van der Waals surface area contributed by atoms with E-state index in [1.54, 1.807) is 0 Å². The van der Waals surface area contributed by atoms with Crippen molar-refractivity contribution in [1.82, 2.24) is 0 Å². The first-order valence-electron chi connectivity index (χ1n) is 34.9. The zero-order valence-electron chi connectivity index (χ0n) is 56.6. The van der Waals surface area contributed by atoms with Gasteiger partial charge in [-0.15, -0.1) is 22.7 Å². The molecule has 0 saturated carbocycles. The number of halogens is 1. The normalized spacial score (nSPS) is 11.3. The molecule has 18 aromatic rings. The third kappa shape index (κ3) is 13.6. The largest absolute Gasteiger partial charge is 0.356 e. The molecule has 0 radical (unpaired) electrons. The first-order valence-corrected chi connectivity index (χ1v) is 41.3. The minimum Gasteiger partial charge on any atom is -0.356 e. The minimum atomic E-state index is -2.64. The molecule has 0 aliphatic carbocycles. The van der Waals surface area contributed by atoms with Gasteiger partial charge in [0.15, 0.2) is 16.1 Å². The SMILES string of the molecule is Brc1ccc([Si](c2ccccc2)(c2ccccc2)c2ccccc2)cc1.c1ccc(-c2ccc(N(c3ccc([Si](c4ccccc4)(c4ccccc4)c4ccccc4)cc3)c3ccc4sc5ccccc5c4c3)cc2)cc1.c1ccc(-c2ccc(Nc3ccc4sc5ccccc5c4c3)cc2)cc1. The molecule has 18 rings (SSSR count). The van der Waals surface area contributed by atoms with Crippen LogP contribution in [-0.2, 0) is 0 Å². The number of hydrogen-bond acceptors (Lipinski definition) is 4. The summed E-state index contributed by atoms with van der Waals surface area (Å²) in [5.41, 5.74) is 10.5. The van der Waals surface area contributed by atoms with Crippen LogP contribution in [0.5, 0.6) is 0 Å². The fourth-order valence-electron chi connectivity index (χ4n) is 14.8. The highest BCUT2D eigenvalue weighted by atomic mass is 79.9.